The summed E-state index contributed by atoms with van der Waals surface area (Å²) in [4.78, 5) is 34.5. The summed E-state index contributed by atoms with van der Waals surface area (Å²) in [6.45, 7) is 10.7. The van der Waals surface area contributed by atoms with Gasteiger partial charge >= 0.3 is 5.97 Å². The Labute approximate surface area is 240 Å². The van der Waals surface area contributed by atoms with Crippen LogP contribution >= 0.6 is 0 Å². The molecule has 210 valence electrons. The van der Waals surface area contributed by atoms with Crippen molar-refractivity contribution < 1.29 is 14.3 Å². The summed E-state index contributed by atoms with van der Waals surface area (Å²) >= 11 is 0. The number of pyridine rings is 1. The predicted octanol–water partition coefficient (Wildman–Crippen LogP) is 6.70. The second-order valence-electron chi connectivity index (χ2n) is 11.0. The number of aryl methyl sites for hydroxylation is 1. The first-order valence-corrected chi connectivity index (χ1v) is 14.6. The van der Waals surface area contributed by atoms with Crippen LogP contribution in [0.3, 0.4) is 0 Å². The summed E-state index contributed by atoms with van der Waals surface area (Å²) in [5.74, 6) is -0.815. The average molecular weight is 549 g/mol. The number of amides is 1. The van der Waals surface area contributed by atoms with Crippen LogP contribution in [-0.2, 0) is 29.0 Å². The summed E-state index contributed by atoms with van der Waals surface area (Å²) in [5, 5.41) is 5.99. The molecule has 1 atom stereocenters. The topological polar surface area (TPSA) is 76.5 Å². The molecule has 3 heterocycles. The number of para-hydroxylation sites is 2. The Hall–Kier alpha value is -4.23. The molecule has 0 bridgehead atoms. The number of ether oxygens (including phenoxy) is 1. The van der Waals surface area contributed by atoms with E-state index in [1.54, 1.807) is 0 Å². The molecular weight excluding hydrogens is 512 g/mol. The van der Waals surface area contributed by atoms with Gasteiger partial charge in [0.05, 0.1) is 11.1 Å². The molecule has 1 aliphatic heterocycles. The number of hydrogen-bond donors (Lipinski definition) is 1. The molecule has 41 heavy (non-hydrogen) atoms. The van der Waals surface area contributed by atoms with Gasteiger partial charge in [-0.25, -0.2) is 4.79 Å². The highest BCUT2D eigenvalue weighted by atomic mass is 16.5. The largest absolute Gasteiger partial charge is 0.449 e. The Morgan fingerprint density at radius 3 is 2.44 bits per heavy atom. The Balaban J connectivity index is 1.29. The molecule has 0 saturated carbocycles. The Morgan fingerprint density at radius 2 is 1.68 bits per heavy atom. The van der Waals surface area contributed by atoms with Crippen molar-refractivity contribution in [1.82, 2.24) is 14.5 Å². The quantitative estimate of drug-likeness (QED) is 0.229. The minimum atomic E-state index is -0.928. The fourth-order valence-electron chi connectivity index (χ4n) is 6.09. The second kappa shape index (κ2) is 11.0. The van der Waals surface area contributed by atoms with Crippen LogP contribution in [0, 0.1) is 0 Å². The van der Waals surface area contributed by atoms with Crippen molar-refractivity contribution >= 4 is 50.3 Å². The fraction of sp³-hybridized carbons (Fsp3) is 0.324. The van der Waals surface area contributed by atoms with E-state index in [1.165, 1.54) is 0 Å². The molecule has 1 amide bonds. The van der Waals surface area contributed by atoms with E-state index in [-0.39, 0.29) is 5.91 Å². The van der Waals surface area contributed by atoms with Crippen LogP contribution in [0.1, 0.15) is 55.7 Å². The van der Waals surface area contributed by atoms with Crippen LogP contribution in [0.5, 0.6) is 0 Å². The van der Waals surface area contributed by atoms with Crippen LogP contribution in [0.15, 0.2) is 66.7 Å². The van der Waals surface area contributed by atoms with Gasteiger partial charge in [0.15, 0.2) is 6.10 Å². The maximum absolute atomic E-state index is 13.8. The second-order valence-corrected chi connectivity index (χ2v) is 11.0. The van der Waals surface area contributed by atoms with Crippen molar-refractivity contribution in [2.45, 2.75) is 65.8 Å². The van der Waals surface area contributed by atoms with Gasteiger partial charge < -0.3 is 14.6 Å². The predicted molar refractivity (Wildman–Crippen MR) is 164 cm³/mol. The van der Waals surface area contributed by atoms with Gasteiger partial charge in [-0.15, -0.1) is 0 Å². The zero-order valence-electron chi connectivity index (χ0n) is 24.1. The molecule has 7 heteroatoms. The third kappa shape index (κ3) is 4.84. The number of rotatable bonds is 7. The lowest BCUT2D eigenvalue weighted by molar-refractivity contribution is -0.124. The van der Waals surface area contributed by atoms with Crippen molar-refractivity contribution in [3.8, 4) is 0 Å². The summed E-state index contributed by atoms with van der Waals surface area (Å²) < 4.78 is 8.24. The zero-order valence-corrected chi connectivity index (χ0v) is 24.1. The monoisotopic (exact) mass is 548 g/mol. The molecule has 0 aliphatic carbocycles. The van der Waals surface area contributed by atoms with Crippen LogP contribution in [0.4, 0.5) is 5.69 Å². The SMILES string of the molecule is CCC(OC(=O)c1c2c(nc3ccccc13)CCN(C(C)C)C2)C(=O)Nc1ccc2c(c1)c1ccccc1n2CC. The van der Waals surface area contributed by atoms with Crippen LogP contribution < -0.4 is 5.32 Å². The number of carbonyl (C=O) groups is 2. The molecule has 2 aromatic heterocycles. The van der Waals surface area contributed by atoms with Crippen molar-refractivity contribution in [2.75, 3.05) is 11.9 Å². The van der Waals surface area contributed by atoms with E-state index in [0.29, 0.717) is 30.3 Å². The molecule has 1 N–H and O–H groups in total. The van der Waals surface area contributed by atoms with Gasteiger partial charge in [-0.3, -0.25) is 14.7 Å². The molecule has 0 saturated heterocycles. The maximum Gasteiger partial charge on any atom is 0.340 e. The first-order chi connectivity index (χ1) is 19.9. The lowest BCUT2D eigenvalue weighted by Crippen LogP contribution is -2.38. The third-order valence-corrected chi connectivity index (χ3v) is 8.28. The number of benzene rings is 3. The van der Waals surface area contributed by atoms with Crippen molar-refractivity contribution in [1.29, 1.82) is 0 Å². The summed E-state index contributed by atoms with van der Waals surface area (Å²) in [6.07, 6.45) is 0.202. The third-order valence-electron chi connectivity index (χ3n) is 8.28. The average Bonchev–Trinajstić information content (AvgIpc) is 3.30. The minimum absolute atomic E-state index is 0.338. The Morgan fingerprint density at radius 1 is 0.951 bits per heavy atom. The lowest BCUT2D eigenvalue weighted by atomic mass is 9.95. The van der Waals surface area contributed by atoms with E-state index in [1.807, 2.05) is 61.5 Å². The van der Waals surface area contributed by atoms with E-state index < -0.39 is 12.1 Å². The molecule has 5 aromatic rings. The molecule has 0 radical (unpaired) electrons. The van der Waals surface area contributed by atoms with Gasteiger partial charge in [0.25, 0.3) is 5.91 Å². The minimum Gasteiger partial charge on any atom is -0.449 e. The summed E-state index contributed by atoms with van der Waals surface area (Å²) in [7, 11) is 0. The number of nitrogens with one attached hydrogen (secondary N) is 1. The number of nitrogens with zero attached hydrogens (tertiary/aromatic N) is 3. The van der Waals surface area contributed by atoms with Crippen LogP contribution in [0.2, 0.25) is 0 Å². The van der Waals surface area contributed by atoms with Gasteiger partial charge in [0.2, 0.25) is 0 Å². The van der Waals surface area contributed by atoms with Gasteiger partial charge in [-0.1, -0.05) is 43.3 Å². The van der Waals surface area contributed by atoms with Crippen molar-refractivity contribution in [3.63, 3.8) is 0 Å². The van der Waals surface area contributed by atoms with Crippen molar-refractivity contribution in [2.24, 2.45) is 0 Å². The van der Waals surface area contributed by atoms with E-state index in [2.05, 4.69) is 47.7 Å². The number of aromatic nitrogens is 2. The fourth-order valence-corrected chi connectivity index (χ4v) is 6.09. The number of anilines is 1. The number of hydrogen-bond acceptors (Lipinski definition) is 5. The van der Waals surface area contributed by atoms with Gasteiger partial charge in [0.1, 0.15) is 0 Å². The smallest absolute Gasteiger partial charge is 0.340 e. The molecule has 3 aromatic carbocycles. The molecular formula is C34H36N4O3. The zero-order chi connectivity index (χ0) is 28.7. The van der Waals surface area contributed by atoms with E-state index in [0.717, 1.165) is 63.5 Å². The highest BCUT2D eigenvalue weighted by Crippen LogP contribution is 2.32. The highest BCUT2D eigenvalue weighted by Gasteiger charge is 2.30. The number of fused-ring (bicyclic) bond motifs is 5. The molecule has 7 nitrogen and oxygen atoms in total. The Kier molecular flexibility index (Phi) is 7.22. The van der Waals surface area contributed by atoms with Gasteiger partial charge in [0, 0.05) is 76.2 Å². The maximum atomic E-state index is 13.8. The summed E-state index contributed by atoms with van der Waals surface area (Å²) in [6, 6.07) is 22.3. The van der Waals surface area contributed by atoms with Crippen LogP contribution in [0.25, 0.3) is 32.7 Å². The molecule has 0 fully saturated rings. The molecule has 0 spiro atoms. The number of carbonyl (C=O) groups excluding carboxylic acids is 2. The van der Waals surface area contributed by atoms with E-state index in [9.17, 15) is 9.59 Å². The molecule has 1 unspecified atom stereocenters. The first-order valence-electron chi connectivity index (χ1n) is 14.6. The highest BCUT2D eigenvalue weighted by molar-refractivity contribution is 6.10. The van der Waals surface area contributed by atoms with Gasteiger partial charge in [-0.05, 0) is 57.5 Å². The normalized spacial score (nSPS) is 14.5. The van der Waals surface area contributed by atoms with E-state index >= 15 is 0 Å². The summed E-state index contributed by atoms with van der Waals surface area (Å²) in [5.41, 5.74) is 6.10. The first kappa shape index (κ1) is 27.0. The van der Waals surface area contributed by atoms with Crippen LogP contribution in [-0.4, -0.2) is 45.0 Å². The van der Waals surface area contributed by atoms with E-state index in [4.69, 9.17) is 9.72 Å². The standard InChI is InChI=1S/C34H36N4O3/c1-5-31(33(39)35-22-15-16-30-25(19-22)23-11-8-10-14-29(23)38(30)6-2)41-34(40)32-24-12-7-9-13-27(24)36-28-17-18-37(21(3)4)20-26(28)32/h7-16,19,21,31H,5-6,17-18,20H2,1-4H3,(H,35,39). The molecule has 6 rings (SSSR count). The molecule has 1 aliphatic rings. The van der Waals surface area contributed by atoms with Crippen molar-refractivity contribution in [3.05, 3.63) is 83.6 Å². The number of esters is 1. The lowest BCUT2D eigenvalue weighted by Gasteiger charge is -2.32. The van der Waals surface area contributed by atoms with Gasteiger partial charge in [-0.2, -0.15) is 0 Å². The Bertz CT molecular complexity index is 1790.